The minimum absolute atomic E-state index is 0.0256. The molecule has 0 saturated heterocycles. The van der Waals surface area contributed by atoms with Gasteiger partial charge in [-0.05, 0) is 12.5 Å². The summed E-state index contributed by atoms with van der Waals surface area (Å²) in [5, 5.41) is 11.0. The first-order valence-electron chi connectivity index (χ1n) is 5.21. The number of non-ortho nitro benzene ring substituents is 1. The maximum Gasteiger partial charge on any atom is 0.271 e. The van der Waals surface area contributed by atoms with E-state index in [1.54, 1.807) is 6.07 Å². The van der Waals surface area contributed by atoms with Gasteiger partial charge < -0.3 is 4.90 Å². The van der Waals surface area contributed by atoms with E-state index in [1.807, 2.05) is 11.9 Å². The van der Waals surface area contributed by atoms with Crippen molar-refractivity contribution in [2.24, 2.45) is 0 Å². The Kier molecular flexibility index (Phi) is 4.55. The second kappa shape index (κ2) is 5.70. The summed E-state index contributed by atoms with van der Waals surface area (Å²) in [5.41, 5.74) is 0.860. The number of nitro groups is 1. The SMILES string of the molecule is CCCCN(C)c1ccc([N+](=O)[O-])cc1Cl. The van der Waals surface area contributed by atoms with E-state index >= 15 is 0 Å². The lowest BCUT2D eigenvalue weighted by molar-refractivity contribution is -0.384. The normalized spacial score (nSPS) is 10.2. The molecule has 5 heteroatoms. The van der Waals surface area contributed by atoms with E-state index in [0.29, 0.717) is 5.02 Å². The number of anilines is 1. The fourth-order valence-corrected chi connectivity index (χ4v) is 1.75. The Morgan fingerprint density at radius 1 is 1.50 bits per heavy atom. The first kappa shape index (κ1) is 12.8. The topological polar surface area (TPSA) is 46.4 Å². The molecule has 88 valence electrons. The van der Waals surface area contributed by atoms with Crippen LogP contribution in [-0.2, 0) is 0 Å². The maximum atomic E-state index is 10.5. The summed E-state index contributed by atoms with van der Waals surface area (Å²) in [6.07, 6.45) is 2.18. The zero-order valence-corrected chi connectivity index (χ0v) is 10.2. The van der Waals surface area contributed by atoms with Gasteiger partial charge in [0.05, 0.1) is 15.6 Å². The molecule has 0 spiro atoms. The average molecular weight is 243 g/mol. The van der Waals surface area contributed by atoms with Crippen LogP contribution in [0.3, 0.4) is 0 Å². The van der Waals surface area contributed by atoms with Crippen molar-refractivity contribution >= 4 is 23.0 Å². The summed E-state index contributed by atoms with van der Waals surface area (Å²) < 4.78 is 0. The molecule has 0 aliphatic carbocycles. The van der Waals surface area contributed by atoms with Crippen LogP contribution in [0.2, 0.25) is 5.02 Å². The first-order chi connectivity index (χ1) is 7.56. The number of rotatable bonds is 5. The van der Waals surface area contributed by atoms with Crippen LogP contribution in [0.5, 0.6) is 0 Å². The number of benzene rings is 1. The lowest BCUT2D eigenvalue weighted by Crippen LogP contribution is -2.18. The zero-order valence-electron chi connectivity index (χ0n) is 9.44. The molecular weight excluding hydrogens is 228 g/mol. The fraction of sp³-hybridized carbons (Fsp3) is 0.455. The van der Waals surface area contributed by atoms with Crippen LogP contribution in [0, 0.1) is 10.1 Å². The quantitative estimate of drug-likeness (QED) is 0.587. The van der Waals surface area contributed by atoms with Crippen LogP contribution in [0.1, 0.15) is 19.8 Å². The van der Waals surface area contributed by atoms with E-state index in [2.05, 4.69) is 6.92 Å². The Bertz CT molecular complexity index is 382. The summed E-state index contributed by atoms with van der Waals surface area (Å²) in [7, 11) is 1.93. The van der Waals surface area contributed by atoms with E-state index in [-0.39, 0.29) is 5.69 Å². The summed E-state index contributed by atoms with van der Waals surface area (Å²) >= 11 is 6.00. The molecule has 1 aromatic rings. The van der Waals surface area contributed by atoms with Gasteiger partial charge in [0.2, 0.25) is 0 Å². The second-order valence-electron chi connectivity index (χ2n) is 3.67. The molecule has 0 bridgehead atoms. The van der Waals surface area contributed by atoms with Crippen molar-refractivity contribution in [2.75, 3.05) is 18.5 Å². The van der Waals surface area contributed by atoms with Crippen molar-refractivity contribution in [3.63, 3.8) is 0 Å². The lowest BCUT2D eigenvalue weighted by atomic mass is 10.2. The smallest absolute Gasteiger partial charge is 0.271 e. The monoisotopic (exact) mass is 242 g/mol. The Morgan fingerprint density at radius 3 is 2.69 bits per heavy atom. The van der Waals surface area contributed by atoms with Gasteiger partial charge in [-0.2, -0.15) is 0 Å². The molecule has 0 radical (unpaired) electrons. The van der Waals surface area contributed by atoms with Crippen molar-refractivity contribution in [1.29, 1.82) is 0 Å². The van der Waals surface area contributed by atoms with Crippen LogP contribution in [0.15, 0.2) is 18.2 Å². The van der Waals surface area contributed by atoms with Crippen LogP contribution in [0.25, 0.3) is 0 Å². The van der Waals surface area contributed by atoms with Gasteiger partial charge in [0.15, 0.2) is 0 Å². The Morgan fingerprint density at radius 2 is 2.19 bits per heavy atom. The molecule has 0 unspecified atom stereocenters. The number of hydrogen-bond donors (Lipinski definition) is 0. The number of nitrogens with zero attached hydrogens (tertiary/aromatic N) is 2. The predicted octanol–water partition coefficient (Wildman–Crippen LogP) is 3.48. The van der Waals surface area contributed by atoms with Crippen LogP contribution in [0.4, 0.5) is 11.4 Å². The van der Waals surface area contributed by atoms with E-state index in [9.17, 15) is 10.1 Å². The average Bonchev–Trinajstić information content (AvgIpc) is 2.25. The summed E-state index contributed by atoms with van der Waals surface area (Å²) in [5.74, 6) is 0. The third kappa shape index (κ3) is 3.10. The van der Waals surface area contributed by atoms with Gasteiger partial charge in [-0.1, -0.05) is 24.9 Å². The molecule has 0 fully saturated rings. The van der Waals surface area contributed by atoms with Gasteiger partial charge in [0.1, 0.15) is 0 Å². The number of hydrogen-bond acceptors (Lipinski definition) is 3. The van der Waals surface area contributed by atoms with Gasteiger partial charge in [-0.15, -0.1) is 0 Å². The number of nitro benzene ring substituents is 1. The van der Waals surface area contributed by atoms with Gasteiger partial charge in [0.25, 0.3) is 5.69 Å². The van der Waals surface area contributed by atoms with Crippen molar-refractivity contribution in [3.8, 4) is 0 Å². The van der Waals surface area contributed by atoms with Crippen molar-refractivity contribution < 1.29 is 4.92 Å². The van der Waals surface area contributed by atoms with E-state index in [0.717, 1.165) is 25.1 Å². The molecule has 0 atom stereocenters. The molecule has 0 heterocycles. The molecule has 0 N–H and O–H groups in total. The highest BCUT2D eigenvalue weighted by Crippen LogP contribution is 2.29. The molecule has 1 aromatic carbocycles. The predicted molar refractivity (Wildman–Crippen MR) is 66.3 cm³/mol. The molecule has 0 aromatic heterocycles. The lowest BCUT2D eigenvalue weighted by Gasteiger charge is -2.19. The van der Waals surface area contributed by atoms with Gasteiger partial charge in [0, 0.05) is 25.7 Å². The number of unbranched alkanes of at least 4 members (excludes halogenated alkanes) is 1. The van der Waals surface area contributed by atoms with E-state index in [4.69, 9.17) is 11.6 Å². The number of halogens is 1. The van der Waals surface area contributed by atoms with Gasteiger partial charge in [-0.3, -0.25) is 10.1 Å². The van der Waals surface area contributed by atoms with Crippen LogP contribution >= 0.6 is 11.6 Å². The highest BCUT2D eigenvalue weighted by atomic mass is 35.5. The maximum absolute atomic E-state index is 10.5. The van der Waals surface area contributed by atoms with Crippen molar-refractivity contribution in [1.82, 2.24) is 0 Å². The summed E-state index contributed by atoms with van der Waals surface area (Å²) in [6.45, 7) is 3.01. The van der Waals surface area contributed by atoms with Gasteiger partial charge >= 0.3 is 0 Å². The standard InChI is InChI=1S/C11H15ClN2O2/c1-3-4-7-13(2)11-6-5-9(14(15)16)8-10(11)12/h5-6,8H,3-4,7H2,1-2H3. The molecular formula is C11H15ClN2O2. The van der Waals surface area contributed by atoms with Crippen LogP contribution < -0.4 is 4.90 Å². The van der Waals surface area contributed by atoms with Crippen molar-refractivity contribution in [2.45, 2.75) is 19.8 Å². The molecule has 1 rings (SSSR count). The molecule has 0 amide bonds. The minimum Gasteiger partial charge on any atom is -0.373 e. The van der Waals surface area contributed by atoms with E-state index < -0.39 is 4.92 Å². The minimum atomic E-state index is -0.443. The second-order valence-corrected chi connectivity index (χ2v) is 4.08. The Hall–Kier alpha value is -1.29. The molecule has 0 aliphatic rings. The Labute approximate surface area is 100.0 Å². The van der Waals surface area contributed by atoms with E-state index in [1.165, 1.54) is 12.1 Å². The zero-order chi connectivity index (χ0) is 12.1. The molecule has 16 heavy (non-hydrogen) atoms. The highest BCUT2D eigenvalue weighted by Gasteiger charge is 2.11. The molecule has 0 aliphatic heterocycles. The fourth-order valence-electron chi connectivity index (χ4n) is 1.43. The van der Waals surface area contributed by atoms with Gasteiger partial charge in [-0.25, -0.2) is 0 Å². The van der Waals surface area contributed by atoms with Crippen molar-refractivity contribution in [3.05, 3.63) is 33.3 Å². The molecule has 0 saturated carbocycles. The van der Waals surface area contributed by atoms with Crippen LogP contribution in [-0.4, -0.2) is 18.5 Å². The Balaban J connectivity index is 2.85. The third-order valence-electron chi connectivity index (χ3n) is 2.40. The largest absolute Gasteiger partial charge is 0.373 e. The summed E-state index contributed by atoms with van der Waals surface area (Å²) in [6, 6.07) is 4.55. The third-order valence-corrected chi connectivity index (χ3v) is 2.70. The highest BCUT2D eigenvalue weighted by molar-refractivity contribution is 6.33. The summed E-state index contributed by atoms with van der Waals surface area (Å²) in [4.78, 5) is 12.1. The molecule has 4 nitrogen and oxygen atoms in total. The first-order valence-corrected chi connectivity index (χ1v) is 5.59.